The Morgan fingerprint density at radius 2 is 1.88 bits per heavy atom. The van der Waals surface area contributed by atoms with Crippen LogP contribution in [0.3, 0.4) is 0 Å². The van der Waals surface area contributed by atoms with E-state index in [2.05, 4.69) is 46.6 Å². The lowest BCUT2D eigenvalue weighted by atomic mass is 9.75. The normalized spacial score (nSPS) is 31.2. The van der Waals surface area contributed by atoms with Gasteiger partial charge in [0.1, 0.15) is 0 Å². The fraction of sp³-hybridized carbons (Fsp3) is 1.00. The van der Waals surface area contributed by atoms with Gasteiger partial charge >= 0.3 is 0 Å². The summed E-state index contributed by atoms with van der Waals surface area (Å²) in [6.45, 7) is 11.6. The highest BCUT2D eigenvalue weighted by molar-refractivity contribution is 4.93. The zero-order valence-corrected chi connectivity index (χ0v) is 12.7. The topological polar surface area (TPSA) is 29.3 Å². The van der Waals surface area contributed by atoms with Crippen molar-refractivity contribution >= 4 is 0 Å². The fourth-order valence-corrected chi connectivity index (χ4v) is 2.95. The van der Waals surface area contributed by atoms with Crippen molar-refractivity contribution in [1.29, 1.82) is 0 Å². The van der Waals surface area contributed by atoms with Crippen molar-refractivity contribution in [3.63, 3.8) is 0 Å². The maximum atomic E-state index is 6.35. The van der Waals surface area contributed by atoms with Crippen LogP contribution in [0.1, 0.15) is 60.3 Å². The van der Waals surface area contributed by atoms with Gasteiger partial charge in [-0.05, 0) is 58.4 Å². The van der Waals surface area contributed by atoms with Crippen LogP contribution in [0.2, 0.25) is 0 Å². The van der Waals surface area contributed by atoms with Crippen molar-refractivity contribution in [2.45, 2.75) is 77.9 Å². The van der Waals surface area contributed by atoms with Crippen LogP contribution < -0.4 is 5.73 Å². The van der Waals surface area contributed by atoms with Gasteiger partial charge in [-0.3, -0.25) is 4.90 Å². The Morgan fingerprint density at radius 1 is 1.29 bits per heavy atom. The lowest BCUT2D eigenvalue weighted by Gasteiger charge is -2.47. The molecule has 102 valence electrons. The largest absolute Gasteiger partial charge is 0.326 e. The molecule has 0 bridgehead atoms. The molecule has 1 aliphatic rings. The summed E-state index contributed by atoms with van der Waals surface area (Å²) >= 11 is 0. The molecule has 2 nitrogen and oxygen atoms in total. The SMILES string of the molecule is CCC(C)(C)N(C)C1CC(C(C)C)CCC1N. The summed E-state index contributed by atoms with van der Waals surface area (Å²) in [4.78, 5) is 2.53. The first kappa shape index (κ1) is 15.0. The van der Waals surface area contributed by atoms with Gasteiger partial charge < -0.3 is 5.73 Å². The number of likely N-dealkylation sites (N-methyl/N-ethyl adjacent to an activating group) is 1. The van der Waals surface area contributed by atoms with Crippen LogP contribution in [0, 0.1) is 11.8 Å². The maximum absolute atomic E-state index is 6.35. The van der Waals surface area contributed by atoms with Gasteiger partial charge in [-0.1, -0.05) is 20.8 Å². The van der Waals surface area contributed by atoms with E-state index in [1.54, 1.807) is 0 Å². The highest BCUT2D eigenvalue weighted by Crippen LogP contribution is 2.34. The molecule has 0 spiro atoms. The summed E-state index contributed by atoms with van der Waals surface area (Å²) in [5.74, 6) is 1.65. The minimum atomic E-state index is 0.265. The molecule has 0 aromatic carbocycles. The Morgan fingerprint density at radius 3 is 2.35 bits per heavy atom. The molecule has 1 fully saturated rings. The molecule has 1 aliphatic carbocycles. The summed E-state index contributed by atoms with van der Waals surface area (Å²) in [6, 6.07) is 0.923. The summed E-state index contributed by atoms with van der Waals surface area (Å²) in [7, 11) is 2.26. The van der Waals surface area contributed by atoms with Crippen LogP contribution >= 0.6 is 0 Å². The smallest absolute Gasteiger partial charge is 0.0252 e. The molecule has 0 aromatic rings. The van der Waals surface area contributed by atoms with E-state index < -0.39 is 0 Å². The number of nitrogens with zero attached hydrogens (tertiary/aromatic N) is 1. The number of rotatable bonds is 4. The third-order valence-electron chi connectivity index (χ3n) is 5.17. The zero-order valence-electron chi connectivity index (χ0n) is 12.7. The first-order valence-corrected chi connectivity index (χ1v) is 7.28. The van der Waals surface area contributed by atoms with E-state index in [1.807, 2.05) is 0 Å². The van der Waals surface area contributed by atoms with Crippen molar-refractivity contribution in [3.8, 4) is 0 Å². The quantitative estimate of drug-likeness (QED) is 0.817. The first-order chi connectivity index (χ1) is 7.79. The molecular formula is C15H32N2. The van der Waals surface area contributed by atoms with Gasteiger partial charge in [0, 0.05) is 17.6 Å². The van der Waals surface area contributed by atoms with Crippen molar-refractivity contribution in [2.24, 2.45) is 17.6 Å². The second-order valence-electron chi connectivity index (χ2n) is 6.83. The monoisotopic (exact) mass is 240 g/mol. The van der Waals surface area contributed by atoms with Gasteiger partial charge in [-0.15, -0.1) is 0 Å². The van der Waals surface area contributed by atoms with E-state index in [-0.39, 0.29) is 5.54 Å². The molecule has 3 unspecified atom stereocenters. The van der Waals surface area contributed by atoms with E-state index in [1.165, 1.54) is 25.7 Å². The maximum Gasteiger partial charge on any atom is 0.0252 e. The summed E-state index contributed by atoms with van der Waals surface area (Å²) in [6.07, 6.45) is 4.96. The van der Waals surface area contributed by atoms with Gasteiger partial charge in [0.05, 0.1) is 0 Å². The second kappa shape index (κ2) is 5.71. The summed E-state index contributed by atoms with van der Waals surface area (Å²) < 4.78 is 0. The van der Waals surface area contributed by atoms with E-state index >= 15 is 0 Å². The molecule has 17 heavy (non-hydrogen) atoms. The molecule has 3 atom stereocenters. The van der Waals surface area contributed by atoms with Gasteiger partial charge in [0.15, 0.2) is 0 Å². The van der Waals surface area contributed by atoms with E-state index in [4.69, 9.17) is 5.73 Å². The Bertz CT molecular complexity index is 235. The molecule has 2 N–H and O–H groups in total. The predicted molar refractivity (Wildman–Crippen MR) is 76.1 cm³/mol. The average molecular weight is 240 g/mol. The van der Waals surface area contributed by atoms with Crippen molar-refractivity contribution in [3.05, 3.63) is 0 Å². The fourth-order valence-electron chi connectivity index (χ4n) is 2.95. The van der Waals surface area contributed by atoms with Gasteiger partial charge in [-0.2, -0.15) is 0 Å². The lowest BCUT2D eigenvalue weighted by molar-refractivity contribution is 0.0405. The highest BCUT2D eigenvalue weighted by Gasteiger charge is 2.36. The van der Waals surface area contributed by atoms with Crippen LogP contribution in [0.15, 0.2) is 0 Å². The highest BCUT2D eigenvalue weighted by atomic mass is 15.2. The van der Waals surface area contributed by atoms with Crippen molar-refractivity contribution < 1.29 is 0 Å². The number of hydrogen-bond donors (Lipinski definition) is 1. The minimum Gasteiger partial charge on any atom is -0.326 e. The summed E-state index contributed by atoms with van der Waals surface area (Å²) in [5.41, 5.74) is 6.62. The standard InChI is InChI=1S/C15H32N2/c1-7-15(4,5)17(6)14-10-12(11(2)3)8-9-13(14)16/h11-14H,7-10,16H2,1-6H3. The van der Waals surface area contributed by atoms with E-state index in [9.17, 15) is 0 Å². The van der Waals surface area contributed by atoms with Crippen LogP contribution in [0.4, 0.5) is 0 Å². The zero-order chi connectivity index (χ0) is 13.2. The minimum absolute atomic E-state index is 0.265. The van der Waals surface area contributed by atoms with Gasteiger partial charge in [0.25, 0.3) is 0 Å². The lowest BCUT2D eigenvalue weighted by Crippen LogP contribution is -2.56. The number of nitrogens with two attached hydrogens (primary N) is 1. The molecule has 0 aliphatic heterocycles. The molecule has 1 saturated carbocycles. The Hall–Kier alpha value is -0.0800. The Balaban J connectivity index is 2.73. The van der Waals surface area contributed by atoms with Crippen molar-refractivity contribution in [2.75, 3.05) is 7.05 Å². The molecule has 2 heteroatoms. The van der Waals surface area contributed by atoms with Crippen LogP contribution in [-0.4, -0.2) is 29.6 Å². The second-order valence-corrected chi connectivity index (χ2v) is 6.83. The van der Waals surface area contributed by atoms with E-state index in [0.717, 1.165) is 11.8 Å². The van der Waals surface area contributed by atoms with Crippen LogP contribution in [-0.2, 0) is 0 Å². The Kier molecular flexibility index (Phi) is 5.03. The predicted octanol–water partition coefficient (Wildman–Crippen LogP) is 3.26. The average Bonchev–Trinajstić information content (AvgIpc) is 2.28. The van der Waals surface area contributed by atoms with Crippen LogP contribution in [0.25, 0.3) is 0 Å². The molecule has 1 rings (SSSR count). The van der Waals surface area contributed by atoms with Gasteiger partial charge in [0.2, 0.25) is 0 Å². The third kappa shape index (κ3) is 3.45. The molecule has 0 heterocycles. The molecule has 0 aromatic heterocycles. The molecule has 0 amide bonds. The molecule has 0 radical (unpaired) electrons. The van der Waals surface area contributed by atoms with Crippen LogP contribution in [0.5, 0.6) is 0 Å². The first-order valence-electron chi connectivity index (χ1n) is 7.28. The molecular weight excluding hydrogens is 208 g/mol. The summed E-state index contributed by atoms with van der Waals surface area (Å²) in [5, 5.41) is 0. The Labute approximate surface area is 108 Å². The molecule has 0 saturated heterocycles. The van der Waals surface area contributed by atoms with E-state index in [0.29, 0.717) is 12.1 Å². The number of hydrogen-bond acceptors (Lipinski definition) is 2. The third-order valence-corrected chi connectivity index (χ3v) is 5.17. The van der Waals surface area contributed by atoms with Gasteiger partial charge in [-0.25, -0.2) is 0 Å². The van der Waals surface area contributed by atoms with Crippen molar-refractivity contribution in [1.82, 2.24) is 4.90 Å².